The Bertz CT molecular complexity index is 698. The minimum Gasteiger partial charge on any atom is -0.338 e. The molecule has 1 aliphatic heterocycles. The third-order valence-corrected chi connectivity index (χ3v) is 4.84. The molecule has 4 nitrogen and oxygen atoms in total. The van der Waals surface area contributed by atoms with Crippen LogP contribution < -0.4 is 0 Å². The van der Waals surface area contributed by atoms with Gasteiger partial charge in [0.25, 0.3) is 5.91 Å². The lowest BCUT2D eigenvalue weighted by atomic mass is 9.96. The summed E-state index contributed by atoms with van der Waals surface area (Å²) in [5.74, 6) is 1.31. The highest BCUT2D eigenvalue weighted by molar-refractivity contribution is 6.42. The van der Waals surface area contributed by atoms with Crippen molar-refractivity contribution in [3.63, 3.8) is 0 Å². The van der Waals surface area contributed by atoms with Gasteiger partial charge in [0.2, 0.25) is 0 Å². The molecule has 1 aromatic carbocycles. The zero-order valence-electron chi connectivity index (χ0n) is 12.3. The normalized spacial score (nSPS) is 18.5. The van der Waals surface area contributed by atoms with Crippen LogP contribution in [-0.2, 0) is 7.05 Å². The van der Waals surface area contributed by atoms with Crippen molar-refractivity contribution in [1.29, 1.82) is 0 Å². The third kappa shape index (κ3) is 2.99. The third-order valence-electron chi connectivity index (χ3n) is 4.10. The number of amides is 1. The highest BCUT2D eigenvalue weighted by Crippen LogP contribution is 2.28. The molecule has 1 aromatic heterocycles. The number of carbonyl (C=O) groups is 1. The van der Waals surface area contributed by atoms with Gasteiger partial charge in [-0.3, -0.25) is 4.79 Å². The van der Waals surface area contributed by atoms with Crippen LogP contribution in [0.15, 0.2) is 30.6 Å². The number of piperidine rings is 1. The van der Waals surface area contributed by atoms with E-state index in [1.807, 2.05) is 22.7 Å². The Kier molecular flexibility index (Phi) is 4.41. The van der Waals surface area contributed by atoms with Gasteiger partial charge in [0.1, 0.15) is 5.82 Å². The number of rotatable bonds is 2. The van der Waals surface area contributed by atoms with E-state index in [-0.39, 0.29) is 11.8 Å². The molecule has 22 heavy (non-hydrogen) atoms. The SMILES string of the molecule is Cn1ccnc1[C@H]1CCCN(C(=O)c2ccc(Cl)c(Cl)c2)C1. The van der Waals surface area contributed by atoms with Crippen LogP contribution >= 0.6 is 23.2 Å². The van der Waals surface area contributed by atoms with E-state index < -0.39 is 0 Å². The maximum atomic E-state index is 12.7. The van der Waals surface area contributed by atoms with E-state index in [1.54, 1.807) is 24.4 Å². The summed E-state index contributed by atoms with van der Waals surface area (Å²) in [5, 5.41) is 0.868. The number of aryl methyl sites for hydroxylation is 1. The van der Waals surface area contributed by atoms with Crippen molar-refractivity contribution in [2.24, 2.45) is 7.05 Å². The topological polar surface area (TPSA) is 38.1 Å². The molecule has 0 unspecified atom stereocenters. The summed E-state index contributed by atoms with van der Waals surface area (Å²) in [6.45, 7) is 1.45. The Hall–Kier alpha value is -1.52. The van der Waals surface area contributed by atoms with Crippen LogP contribution in [-0.4, -0.2) is 33.4 Å². The number of aromatic nitrogens is 2. The standard InChI is InChI=1S/C16H17Cl2N3O/c1-20-8-6-19-15(20)12-3-2-7-21(10-12)16(22)11-4-5-13(17)14(18)9-11/h4-6,8-9,12H,2-3,7,10H2,1H3/t12-/m0/s1. The van der Waals surface area contributed by atoms with Crippen LogP contribution in [0.25, 0.3) is 0 Å². The number of hydrogen-bond acceptors (Lipinski definition) is 2. The predicted molar refractivity (Wildman–Crippen MR) is 87.5 cm³/mol. The fraction of sp³-hybridized carbons (Fsp3) is 0.375. The predicted octanol–water partition coefficient (Wildman–Crippen LogP) is 3.75. The van der Waals surface area contributed by atoms with Gasteiger partial charge < -0.3 is 9.47 Å². The van der Waals surface area contributed by atoms with Crippen LogP contribution in [0, 0.1) is 0 Å². The van der Waals surface area contributed by atoms with Gasteiger partial charge in [-0.2, -0.15) is 0 Å². The highest BCUT2D eigenvalue weighted by Gasteiger charge is 2.27. The first-order valence-electron chi connectivity index (χ1n) is 7.28. The largest absolute Gasteiger partial charge is 0.338 e. The molecular weight excluding hydrogens is 321 g/mol. The van der Waals surface area contributed by atoms with Crippen molar-refractivity contribution in [1.82, 2.24) is 14.5 Å². The Labute approximate surface area is 139 Å². The summed E-state index contributed by atoms with van der Waals surface area (Å²) in [4.78, 5) is 19.0. The number of benzene rings is 1. The van der Waals surface area contributed by atoms with Gasteiger partial charge in [-0.25, -0.2) is 4.98 Å². The second kappa shape index (κ2) is 6.31. The van der Waals surface area contributed by atoms with Crippen molar-refractivity contribution >= 4 is 29.1 Å². The van der Waals surface area contributed by atoms with Crippen LogP contribution in [0.4, 0.5) is 0 Å². The van der Waals surface area contributed by atoms with Gasteiger partial charge in [-0.05, 0) is 31.0 Å². The number of nitrogens with zero attached hydrogens (tertiary/aromatic N) is 3. The van der Waals surface area contributed by atoms with E-state index in [1.165, 1.54) is 0 Å². The Morgan fingerprint density at radius 1 is 1.32 bits per heavy atom. The average molecular weight is 338 g/mol. The van der Waals surface area contributed by atoms with Gasteiger partial charge in [-0.1, -0.05) is 23.2 Å². The van der Waals surface area contributed by atoms with Gasteiger partial charge in [-0.15, -0.1) is 0 Å². The number of imidazole rings is 1. The van der Waals surface area contributed by atoms with E-state index in [4.69, 9.17) is 23.2 Å². The summed E-state index contributed by atoms with van der Waals surface area (Å²) in [6, 6.07) is 5.02. The van der Waals surface area contributed by atoms with Crippen molar-refractivity contribution < 1.29 is 4.79 Å². The second-order valence-corrected chi connectivity index (χ2v) is 6.43. The van der Waals surface area contributed by atoms with Crippen LogP contribution in [0.3, 0.4) is 0 Å². The molecule has 0 bridgehead atoms. The highest BCUT2D eigenvalue weighted by atomic mass is 35.5. The van der Waals surface area contributed by atoms with Crippen molar-refractivity contribution in [3.05, 3.63) is 52.0 Å². The Balaban J connectivity index is 1.78. The van der Waals surface area contributed by atoms with Crippen LogP contribution in [0.2, 0.25) is 10.0 Å². The van der Waals surface area contributed by atoms with E-state index in [2.05, 4.69) is 4.98 Å². The summed E-state index contributed by atoms with van der Waals surface area (Å²) in [5.41, 5.74) is 0.579. The first-order chi connectivity index (χ1) is 10.6. The number of carbonyl (C=O) groups excluding carboxylic acids is 1. The molecule has 1 amide bonds. The molecule has 0 N–H and O–H groups in total. The summed E-state index contributed by atoms with van der Waals surface area (Å²) < 4.78 is 2.03. The van der Waals surface area contributed by atoms with Crippen LogP contribution in [0.1, 0.15) is 34.9 Å². The molecule has 1 aliphatic rings. The molecule has 2 heterocycles. The average Bonchev–Trinajstić information content (AvgIpc) is 2.95. The molecule has 1 saturated heterocycles. The summed E-state index contributed by atoms with van der Waals surface area (Å²) in [6.07, 6.45) is 5.77. The van der Waals surface area contributed by atoms with Crippen molar-refractivity contribution in [3.8, 4) is 0 Å². The molecular formula is C16H17Cl2N3O. The van der Waals surface area contributed by atoms with Crippen LogP contribution in [0.5, 0.6) is 0 Å². The zero-order valence-corrected chi connectivity index (χ0v) is 13.8. The second-order valence-electron chi connectivity index (χ2n) is 5.62. The van der Waals surface area contributed by atoms with E-state index in [0.717, 1.165) is 25.2 Å². The molecule has 1 fully saturated rings. The summed E-state index contributed by atoms with van der Waals surface area (Å²) in [7, 11) is 1.99. The van der Waals surface area contributed by atoms with Crippen molar-refractivity contribution in [2.75, 3.05) is 13.1 Å². The molecule has 3 rings (SSSR count). The summed E-state index contributed by atoms with van der Waals surface area (Å²) >= 11 is 11.9. The molecule has 116 valence electrons. The van der Waals surface area contributed by atoms with Gasteiger partial charge >= 0.3 is 0 Å². The lowest BCUT2D eigenvalue weighted by Crippen LogP contribution is -2.39. The molecule has 1 atom stereocenters. The Morgan fingerprint density at radius 2 is 2.14 bits per heavy atom. The molecule has 6 heteroatoms. The molecule has 0 spiro atoms. The van der Waals surface area contributed by atoms with Gasteiger partial charge in [0.15, 0.2) is 0 Å². The lowest BCUT2D eigenvalue weighted by molar-refractivity contribution is 0.0703. The zero-order chi connectivity index (χ0) is 15.7. The minimum absolute atomic E-state index is 0.00234. The maximum Gasteiger partial charge on any atom is 0.253 e. The number of hydrogen-bond donors (Lipinski definition) is 0. The molecule has 0 aliphatic carbocycles. The monoisotopic (exact) mass is 337 g/mol. The van der Waals surface area contributed by atoms with Gasteiger partial charge in [0.05, 0.1) is 10.0 Å². The van der Waals surface area contributed by atoms with E-state index >= 15 is 0 Å². The van der Waals surface area contributed by atoms with E-state index in [0.29, 0.717) is 22.2 Å². The van der Waals surface area contributed by atoms with Crippen molar-refractivity contribution in [2.45, 2.75) is 18.8 Å². The smallest absolute Gasteiger partial charge is 0.253 e. The minimum atomic E-state index is -0.00234. The first-order valence-corrected chi connectivity index (χ1v) is 8.03. The fourth-order valence-electron chi connectivity index (χ4n) is 2.95. The first kappa shape index (κ1) is 15.4. The maximum absolute atomic E-state index is 12.7. The molecule has 0 saturated carbocycles. The Morgan fingerprint density at radius 3 is 2.82 bits per heavy atom. The van der Waals surface area contributed by atoms with E-state index in [9.17, 15) is 4.79 Å². The van der Waals surface area contributed by atoms with Gasteiger partial charge in [0, 0.05) is 44.0 Å². The number of halogens is 2. The quantitative estimate of drug-likeness (QED) is 0.836. The fourth-order valence-corrected chi connectivity index (χ4v) is 3.25. The molecule has 2 aromatic rings. The lowest BCUT2D eigenvalue weighted by Gasteiger charge is -2.32. The molecule has 0 radical (unpaired) electrons. The number of likely N-dealkylation sites (tertiary alicyclic amines) is 1.